The second-order valence-corrected chi connectivity index (χ2v) is 3.27. The maximum Gasteiger partial charge on any atom is 0.292 e. The number of halogens is 2. The van der Waals surface area contributed by atoms with Crippen molar-refractivity contribution in [2.75, 3.05) is 0 Å². The second kappa shape index (κ2) is 3.37. The van der Waals surface area contributed by atoms with Gasteiger partial charge in [-0.3, -0.25) is 10.1 Å². The maximum absolute atomic E-state index is 10.4. The van der Waals surface area contributed by atoms with E-state index in [1.54, 1.807) is 6.92 Å². The van der Waals surface area contributed by atoms with Crippen molar-refractivity contribution in [1.29, 1.82) is 0 Å². The molecule has 0 saturated carbocycles. The summed E-state index contributed by atoms with van der Waals surface area (Å²) in [5.74, 6) is 0. The predicted octanol–water partition coefficient (Wildman–Crippen LogP) is 2.71. The van der Waals surface area contributed by atoms with Gasteiger partial charge >= 0.3 is 0 Å². The molecule has 0 atom stereocenters. The largest absolute Gasteiger partial charge is 0.292 e. The molecule has 0 fully saturated rings. The van der Waals surface area contributed by atoms with Gasteiger partial charge in [-0.2, -0.15) is 0 Å². The van der Waals surface area contributed by atoms with Crippen LogP contribution < -0.4 is 0 Å². The topological polar surface area (TPSA) is 56.0 Å². The van der Waals surface area contributed by atoms with Gasteiger partial charge in [0.25, 0.3) is 5.69 Å². The molecule has 0 aliphatic carbocycles. The fourth-order valence-electron chi connectivity index (χ4n) is 0.736. The first-order valence-electron chi connectivity index (χ1n) is 2.99. The summed E-state index contributed by atoms with van der Waals surface area (Å²) in [6, 6.07) is 1.33. The third-order valence-corrected chi connectivity index (χ3v) is 2.40. The Hall–Kier alpha value is -0.680. The second-order valence-electron chi connectivity index (χ2n) is 2.14. The molecule has 1 rings (SSSR count). The van der Waals surface area contributed by atoms with Crippen LogP contribution in [0.25, 0.3) is 0 Å². The van der Waals surface area contributed by atoms with Crippen LogP contribution in [-0.4, -0.2) is 9.91 Å². The fraction of sp³-hybridized carbons (Fsp3) is 0.167. The van der Waals surface area contributed by atoms with Crippen LogP contribution in [-0.2, 0) is 0 Å². The van der Waals surface area contributed by atoms with Gasteiger partial charge in [-0.15, -0.1) is 0 Å². The number of hydrogen-bond donors (Lipinski definition) is 0. The molecule has 0 radical (unpaired) electrons. The van der Waals surface area contributed by atoms with E-state index >= 15 is 0 Å². The van der Waals surface area contributed by atoms with Gasteiger partial charge in [0, 0.05) is 11.8 Å². The molecule has 12 heavy (non-hydrogen) atoms. The minimum atomic E-state index is -0.540. The normalized spacial score (nSPS) is 9.92. The average molecular weight is 251 g/mol. The summed E-state index contributed by atoms with van der Waals surface area (Å²) in [7, 11) is 0. The van der Waals surface area contributed by atoms with Crippen LogP contribution in [0.2, 0.25) is 5.02 Å². The molecule has 0 unspecified atom stereocenters. The van der Waals surface area contributed by atoms with Gasteiger partial charge in [0.05, 0.1) is 4.92 Å². The molecule has 1 heterocycles. The Kier molecular flexibility index (Phi) is 2.64. The lowest BCUT2D eigenvalue weighted by Gasteiger charge is -1.98. The smallest absolute Gasteiger partial charge is 0.258 e. The zero-order valence-corrected chi connectivity index (χ0v) is 8.39. The Bertz CT molecular complexity index is 343. The highest BCUT2D eigenvalue weighted by Gasteiger charge is 2.16. The number of nitrogens with zero attached hydrogens (tertiary/aromatic N) is 2. The van der Waals surface area contributed by atoms with Crippen molar-refractivity contribution in [3.8, 4) is 0 Å². The number of aryl methyl sites for hydroxylation is 1. The molecule has 64 valence electrons. The van der Waals surface area contributed by atoms with Crippen molar-refractivity contribution in [2.45, 2.75) is 6.92 Å². The van der Waals surface area contributed by atoms with Crippen LogP contribution in [0.15, 0.2) is 10.7 Å². The first kappa shape index (κ1) is 9.41. The highest BCUT2D eigenvalue weighted by atomic mass is 79.9. The SMILES string of the molecule is Cc1cc([N+](=O)[O-])c(Cl)c(Br)n1. The summed E-state index contributed by atoms with van der Waals surface area (Å²) in [6.07, 6.45) is 0. The molecule has 0 aromatic carbocycles. The maximum atomic E-state index is 10.4. The minimum absolute atomic E-state index is 0.0330. The van der Waals surface area contributed by atoms with Gasteiger partial charge in [0.2, 0.25) is 0 Å². The molecule has 0 aliphatic heterocycles. The van der Waals surface area contributed by atoms with Crippen molar-refractivity contribution in [2.24, 2.45) is 0 Å². The molecule has 1 aromatic rings. The standard InChI is InChI=1S/C6H4BrClN2O2/c1-3-2-4(10(11)12)5(8)6(7)9-3/h2H,1H3. The van der Waals surface area contributed by atoms with E-state index in [1.807, 2.05) is 0 Å². The Labute approximate surface area is 81.8 Å². The number of pyridine rings is 1. The molecule has 0 saturated heterocycles. The van der Waals surface area contributed by atoms with Crippen LogP contribution in [0, 0.1) is 17.0 Å². The van der Waals surface area contributed by atoms with Crippen LogP contribution in [0.5, 0.6) is 0 Å². The van der Waals surface area contributed by atoms with Crippen LogP contribution >= 0.6 is 27.5 Å². The fourth-order valence-corrected chi connectivity index (χ4v) is 1.38. The minimum Gasteiger partial charge on any atom is -0.258 e. The molecule has 0 amide bonds. The number of nitro groups is 1. The monoisotopic (exact) mass is 250 g/mol. The van der Waals surface area contributed by atoms with E-state index in [9.17, 15) is 10.1 Å². The summed E-state index contributed by atoms with van der Waals surface area (Å²) < 4.78 is 0.302. The Balaban J connectivity index is 3.37. The lowest BCUT2D eigenvalue weighted by Crippen LogP contribution is -1.93. The van der Waals surface area contributed by atoms with E-state index in [0.717, 1.165) is 0 Å². The zero-order chi connectivity index (χ0) is 9.30. The van der Waals surface area contributed by atoms with Crippen molar-refractivity contribution in [3.63, 3.8) is 0 Å². The first-order chi connectivity index (χ1) is 5.52. The summed E-state index contributed by atoms with van der Waals surface area (Å²) >= 11 is 8.63. The highest BCUT2D eigenvalue weighted by molar-refractivity contribution is 9.10. The van der Waals surface area contributed by atoms with Gasteiger partial charge in [-0.25, -0.2) is 4.98 Å². The zero-order valence-electron chi connectivity index (χ0n) is 6.04. The quantitative estimate of drug-likeness (QED) is 0.438. The first-order valence-corrected chi connectivity index (χ1v) is 4.16. The van der Waals surface area contributed by atoms with E-state index in [0.29, 0.717) is 10.3 Å². The molecular weight excluding hydrogens is 247 g/mol. The van der Waals surface area contributed by atoms with Gasteiger partial charge in [0.1, 0.15) is 4.60 Å². The van der Waals surface area contributed by atoms with Crippen molar-refractivity contribution < 1.29 is 4.92 Å². The molecule has 0 N–H and O–H groups in total. The van der Waals surface area contributed by atoms with Gasteiger partial charge < -0.3 is 0 Å². The van der Waals surface area contributed by atoms with Gasteiger partial charge in [-0.05, 0) is 22.9 Å². The summed E-state index contributed by atoms with van der Waals surface area (Å²) in [5.41, 5.74) is 0.425. The van der Waals surface area contributed by atoms with Gasteiger partial charge in [0.15, 0.2) is 5.02 Å². The molecule has 0 spiro atoms. The lowest BCUT2D eigenvalue weighted by molar-refractivity contribution is -0.384. The molecule has 4 nitrogen and oxygen atoms in total. The van der Waals surface area contributed by atoms with Crippen LogP contribution in [0.1, 0.15) is 5.69 Å². The van der Waals surface area contributed by atoms with E-state index in [2.05, 4.69) is 20.9 Å². The van der Waals surface area contributed by atoms with Crippen molar-refractivity contribution in [3.05, 3.63) is 31.5 Å². The summed E-state index contributed by atoms with van der Waals surface area (Å²) in [6.45, 7) is 1.66. The molecule has 0 bridgehead atoms. The Morgan fingerprint density at radius 1 is 1.75 bits per heavy atom. The number of hydrogen-bond acceptors (Lipinski definition) is 3. The summed E-state index contributed by atoms with van der Waals surface area (Å²) in [4.78, 5) is 13.8. The third kappa shape index (κ3) is 1.73. The van der Waals surface area contributed by atoms with Crippen LogP contribution in [0.4, 0.5) is 5.69 Å². The van der Waals surface area contributed by atoms with Gasteiger partial charge in [-0.1, -0.05) is 11.6 Å². The number of rotatable bonds is 1. The molecule has 1 aromatic heterocycles. The van der Waals surface area contributed by atoms with Crippen LogP contribution in [0.3, 0.4) is 0 Å². The van der Waals surface area contributed by atoms with E-state index in [1.165, 1.54) is 6.07 Å². The number of aromatic nitrogens is 1. The molecular formula is C6H4BrClN2O2. The third-order valence-electron chi connectivity index (χ3n) is 1.22. The molecule has 0 aliphatic rings. The predicted molar refractivity (Wildman–Crippen MR) is 48.3 cm³/mol. The van der Waals surface area contributed by atoms with E-state index < -0.39 is 4.92 Å². The Morgan fingerprint density at radius 2 is 2.33 bits per heavy atom. The van der Waals surface area contributed by atoms with E-state index in [-0.39, 0.29) is 10.7 Å². The molecule has 6 heteroatoms. The lowest BCUT2D eigenvalue weighted by atomic mass is 10.3. The average Bonchev–Trinajstić information content (AvgIpc) is 1.96. The Morgan fingerprint density at radius 3 is 2.83 bits per heavy atom. The highest BCUT2D eigenvalue weighted by Crippen LogP contribution is 2.30. The summed E-state index contributed by atoms with van der Waals surface area (Å²) in [5, 5.41) is 10.4. The van der Waals surface area contributed by atoms with E-state index in [4.69, 9.17) is 11.6 Å². The van der Waals surface area contributed by atoms with Crippen molar-refractivity contribution >= 4 is 33.2 Å². The van der Waals surface area contributed by atoms with Crippen molar-refractivity contribution in [1.82, 2.24) is 4.98 Å².